The van der Waals surface area contributed by atoms with Crippen LogP contribution in [0.2, 0.25) is 0 Å². The van der Waals surface area contributed by atoms with Crippen molar-refractivity contribution in [3.05, 3.63) is 45.7 Å². The third kappa shape index (κ3) is 2.04. The zero-order chi connectivity index (χ0) is 17.9. The molecule has 11 heteroatoms. The predicted molar refractivity (Wildman–Crippen MR) is 77.0 cm³/mol. The van der Waals surface area contributed by atoms with Crippen LogP contribution in [0.1, 0.15) is 38.5 Å². The molecule has 0 spiro atoms. The highest BCUT2D eigenvalue weighted by molar-refractivity contribution is 6.26. The number of ketones is 2. The topological polar surface area (TPSA) is 168 Å². The average Bonchev–Trinajstić information content (AvgIpc) is 3.15. The Balaban J connectivity index is 1.84. The van der Waals surface area contributed by atoms with Crippen molar-refractivity contribution >= 4 is 11.6 Å². The van der Waals surface area contributed by atoms with Gasteiger partial charge in [-0.05, 0) is 0 Å². The maximum absolute atomic E-state index is 12.7. The van der Waals surface area contributed by atoms with Crippen molar-refractivity contribution in [2.24, 2.45) is 0 Å². The quantitative estimate of drug-likeness (QED) is 0.386. The number of carbonyl (C=O) groups excluding carboxylic acids is 2. The van der Waals surface area contributed by atoms with Crippen LogP contribution < -0.4 is 5.56 Å². The Morgan fingerprint density at radius 1 is 1.12 bits per heavy atom. The summed E-state index contributed by atoms with van der Waals surface area (Å²) in [5.41, 5.74) is -1.95. The van der Waals surface area contributed by atoms with Crippen molar-refractivity contribution < 1.29 is 29.6 Å². The van der Waals surface area contributed by atoms with Crippen molar-refractivity contribution in [2.45, 2.75) is 24.5 Å². The molecule has 2 aromatic heterocycles. The second-order valence-corrected chi connectivity index (χ2v) is 5.69. The van der Waals surface area contributed by atoms with Crippen LogP contribution in [-0.4, -0.2) is 71.3 Å². The molecule has 0 unspecified atom stereocenters. The molecule has 0 amide bonds. The third-order valence-electron chi connectivity index (χ3n) is 4.31. The summed E-state index contributed by atoms with van der Waals surface area (Å²) in [4.78, 5) is 46.9. The number of hydrogen-bond acceptors (Lipinski definition) is 9. The van der Waals surface area contributed by atoms with Gasteiger partial charge in [0.2, 0.25) is 11.6 Å². The van der Waals surface area contributed by atoms with Crippen LogP contribution in [0.25, 0.3) is 0 Å². The number of aromatic amines is 1. The summed E-state index contributed by atoms with van der Waals surface area (Å²) >= 11 is 0. The van der Waals surface area contributed by atoms with Crippen LogP contribution in [-0.2, 0) is 4.74 Å². The summed E-state index contributed by atoms with van der Waals surface area (Å²) in [6.45, 7) is -0.543. The van der Waals surface area contributed by atoms with E-state index in [4.69, 9.17) is 4.74 Å². The van der Waals surface area contributed by atoms with Crippen LogP contribution in [0.4, 0.5) is 0 Å². The molecular formula is C14H12N4O7. The molecule has 0 aromatic carbocycles. The predicted octanol–water partition coefficient (Wildman–Crippen LogP) is -2.65. The zero-order valence-electron chi connectivity index (χ0n) is 12.5. The Morgan fingerprint density at radius 3 is 2.56 bits per heavy atom. The second kappa shape index (κ2) is 5.39. The Bertz CT molecular complexity index is 949. The van der Waals surface area contributed by atoms with Gasteiger partial charge in [-0.3, -0.25) is 19.0 Å². The molecule has 0 bridgehead atoms. The maximum atomic E-state index is 12.7. The molecule has 2 aliphatic rings. The fourth-order valence-corrected chi connectivity index (χ4v) is 3.07. The number of rotatable bonds is 2. The number of carbonyl (C=O) groups is 2. The molecule has 3 heterocycles. The highest BCUT2D eigenvalue weighted by atomic mass is 16.6. The molecule has 130 valence electrons. The minimum Gasteiger partial charge on any atom is -0.394 e. The Labute approximate surface area is 138 Å². The molecule has 1 aliphatic carbocycles. The maximum Gasteiger partial charge on any atom is 0.262 e. The monoisotopic (exact) mass is 348 g/mol. The minimum absolute atomic E-state index is 0.203. The number of nitrogens with zero attached hydrogens (tertiary/aromatic N) is 3. The number of hydrogen-bond donors (Lipinski definition) is 4. The Morgan fingerprint density at radius 2 is 1.88 bits per heavy atom. The lowest BCUT2D eigenvalue weighted by Crippen LogP contribution is -2.35. The molecule has 1 fully saturated rings. The van der Waals surface area contributed by atoms with E-state index in [1.165, 1.54) is 0 Å². The van der Waals surface area contributed by atoms with Crippen LogP contribution >= 0.6 is 0 Å². The number of imidazole rings is 1. The molecule has 25 heavy (non-hydrogen) atoms. The first-order valence-electron chi connectivity index (χ1n) is 7.32. The number of fused-ring (bicyclic) bond motifs is 2. The molecule has 1 saturated heterocycles. The van der Waals surface area contributed by atoms with Crippen molar-refractivity contribution in [3.63, 3.8) is 0 Å². The lowest BCUT2D eigenvalue weighted by atomic mass is 9.95. The van der Waals surface area contributed by atoms with Crippen LogP contribution in [0.3, 0.4) is 0 Å². The molecule has 11 nitrogen and oxygen atoms in total. The van der Waals surface area contributed by atoms with Gasteiger partial charge in [0, 0.05) is 0 Å². The lowest BCUT2D eigenvalue weighted by molar-refractivity contribution is -0.0534. The van der Waals surface area contributed by atoms with Crippen molar-refractivity contribution in [3.8, 4) is 0 Å². The van der Waals surface area contributed by atoms with Crippen LogP contribution in [0, 0.1) is 0 Å². The molecule has 1 aliphatic heterocycles. The van der Waals surface area contributed by atoms with Gasteiger partial charge in [-0.25, -0.2) is 9.97 Å². The summed E-state index contributed by atoms with van der Waals surface area (Å²) in [5.74, 6) is -1.50. The van der Waals surface area contributed by atoms with E-state index in [0.29, 0.717) is 0 Å². The van der Waals surface area contributed by atoms with E-state index in [9.17, 15) is 29.7 Å². The lowest BCUT2D eigenvalue weighted by Gasteiger charge is -2.20. The summed E-state index contributed by atoms with van der Waals surface area (Å²) in [5, 5.41) is 29.2. The van der Waals surface area contributed by atoms with Crippen LogP contribution in [0.15, 0.2) is 17.4 Å². The van der Waals surface area contributed by atoms with Crippen molar-refractivity contribution in [1.29, 1.82) is 0 Å². The van der Waals surface area contributed by atoms with Gasteiger partial charge in [-0.1, -0.05) is 0 Å². The smallest absolute Gasteiger partial charge is 0.262 e. The van der Waals surface area contributed by atoms with Crippen LogP contribution in [0.5, 0.6) is 0 Å². The van der Waals surface area contributed by atoms with Crippen molar-refractivity contribution in [2.75, 3.05) is 6.61 Å². The largest absolute Gasteiger partial charge is 0.394 e. The number of nitrogens with one attached hydrogen (secondary N) is 1. The van der Waals surface area contributed by atoms with E-state index in [1.54, 1.807) is 0 Å². The first kappa shape index (κ1) is 15.8. The van der Waals surface area contributed by atoms with Gasteiger partial charge in [-0.2, -0.15) is 0 Å². The highest BCUT2D eigenvalue weighted by Crippen LogP contribution is 2.33. The fraction of sp³-hybridized carbons (Fsp3) is 0.357. The first-order chi connectivity index (χ1) is 12.0. The summed E-state index contributed by atoms with van der Waals surface area (Å²) in [6.07, 6.45) is -3.02. The first-order valence-corrected chi connectivity index (χ1v) is 7.32. The number of aliphatic hydroxyl groups excluding tert-OH is 3. The van der Waals surface area contributed by atoms with Gasteiger partial charge in [0.05, 0.1) is 19.3 Å². The number of H-pyrrole nitrogens is 1. The Hall–Kier alpha value is -2.73. The molecular weight excluding hydrogens is 336 g/mol. The third-order valence-corrected chi connectivity index (χ3v) is 4.31. The van der Waals surface area contributed by atoms with E-state index < -0.39 is 53.8 Å². The van der Waals surface area contributed by atoms with E-state index in [-0.39, 0.29) is 17.1 Å². The fourth-order valence-electron chi connectivity index (χ4n) is 3.07. The SMILES string of the molecule is O=C1c2ncn([C@@H]3O[C@H](CO)[C@@H](O)[C@H]3O)c2C(=O)c2nc[nH]c(=O)c21. The number of aromatic nitrogens is 4. The standard InChI is InChI=1S/C14H12N4O7/c19-1-4-9(20)12(23)14(25-4)18-3-17-7-8(18)11(22)6-5(10(7)21)13(24)16-2-15-6/h2-4,9,12,14,19-20,23H,1H2,(H,15,16,24)/t4-,9-,12-,14-/m1/s1. The van der Waals surface area contributed by atoms with Gasteiger partial charge >= 0.3 is 0 Å². The van der Waals surface area contributed by atoms with Crippen molar-refractivity contribution in [1.82, 2.24) is 19.5 Å². The average molecular weight is 348 g/mol. The molecule has 4 rings (SSSR count). The van der Waals surface area contributed by atoms with E-state index in [2.05, 4.69) is 15.0 Å². The van der Waals surface area contributed by atoms with Gasteiger partial charge in [0.1, 0.15) is 41.0 Å². The number of aliphatic hydroxyl groups is 3. The van der Waals surface area contributed by atoms with Gasteiger partial charge in [-0.15, -0.1) is 0 Å². The summed E-state index contributed by atoms with van der Waals surface area (Å²) in [6, 6.07) is 0. The zero-order valence-corrected chi connectivity index (χ0v) is 12.5. The molecule has 0 saturated carbocycles. The normalized spacial score (nSPS) is 28.1. The van der Waals surface area contributed by atoms with E-state index in [1.807, 2.05) is 0 Å². The van der Waals surface area contributed by atoms with E-state index in [0.717, 1.165) is 17.2 Å². The molecule has 4 N–H and O–H groups in total. The van der Waals surface area contributed by atoms with Gasteiger partial charge in [0.25, 0.3) is 5.56 Å². The Kier molecular flexibility index (Phi) is 3.40. The summed E-state index contributed by atoms with van der Waals surface area (Å²) < 4.78 is 6.46. The van der Waals surface area contributed by atoms with Gasteiger partial charge in [0.15, 0.2) is 6.23 Å². The summed E-state index contributed by atoms with van der Waals surface area (Å²) in [7, 11) is 0. The molecule has 0 radical (unpaired) electrons. The minimum atomic E-state index is -1.45. The number of ether oxygens (including phenoxy) is 1. The molecule has 4 atom stereocenters. The second-order valence-electron chi connectivity index (χ2n) is 5.69. The molecule has 2 aromatic rings. The van der Waals surface area contributed by atoms with Gasteiger partial charge < -0.3 is 25.0 Å². The van der Waals surface area contributed by atoms with E-state index >= 15 is 0 Å². The highest BCUT2D eigenvalue weighted by Gasteiger charge is 2.46.